The molecule has 3 aromatic rings. The third-order valence-corrected chi connectivity index (χ3v) is 6.62. The van der Waals surface area contributed by atoms with E-state index in [9.17, 15) is 5.11 Å². The zero-order valence-corrected chi connectivity index (χ0v) is 16.1. The lowest BCUT2D eigenvalue weighted by Crippen LogP contribution is -2.58. The summed E-state index contributed by atoms with van der Waals surface area (Å²) in [5.74, 6) is 1.27. The second kappa shape index (κ2) is 6.44. The maximum Gasteiger partial charge on any atom is 0.229 e. The number of anilines is 2. The van der Waals surface area contributed by atoms with Crippen molar-refractivity contribution >= 4 is 22.8 Å². The highest BCUT2D eigenvalue weighted by atomic mass is 16.3. The molecule has 0 spiro atoms. The minimum absolute atomic E-state index is 0.157. The van der Waals surface area contributed by atoms with Crippen LogP contribution in [0, 0.1) is 5.92 Å². The molecule has 1 saturated heterocycles. The molecular weight excluding hydrogens is 352 g/mol. The van der Waals surface area contributed by atoms with Crippen molar-refractivity contribution in [3.63, 3.8) is 0 Å². The molecule has 1 aromatic carbocycles. The molecular formula is C21H26N6O. The molecule has 7 heteroatoms. The van der Waals surface area contributed by atoms with Crippen LogP contribution in [-0.4, -0.2) is 37.4 Å². The second-order valence-corrected chi connectivity index (χ2v) is 8.11. The topological polar surface area (TPSA) is 93.1 Å². The van der Waals surface area contributed by atoms with Crippen LogP contribution in [-0.2, 0) is 12.6 Å². The van der Waals surface area contributed by atoms with E-state index in [4.69, 9.17) is 10.7 Å². The normalized spacial score (nSPS) is 27.7. The molecule has 2 fully saturated rings. The van der Waals surface area contributed by atoms with Crippen LogP contribution in [0.1, 0.15) is 37.7 Å². The van der Waals surface area contributed by atoms with Gasteiger partial charge in [-0.3, -0.25) is 4.68 Å². The molecule has 2 aliphatic rings. The van der Waals surface area contributed by atoms with Gasteiger partial charge in [0.1, 0.15) is 5.82 Å². The van der Waals surface area contributed by atoms with Gasteiger partial charge in [0.2, 0.25) is 5.95 Å². The van der Waals surface area contributed by atoms with Crippen molar-refractivity contribution < 1.29 is 5.11 Å². The number of aryl methyl sites for hydroxylation is 1. The van der Waals surface area contributed by atoms with Crippen LogP contribution in [0.15, 0.2) is 36.5 Å². The summed E-state index contributed by atoms with van der Waals surface area (Å²) in [6.07, 6.45) is 6.72. The van der Waals surface area contributed by atoms with Crippen molar-refractivity contribution in [1.82, 2.24) is 19.7 Å². The molecule has 2 aromatic heterocycles. The van der Waals surface area contributed by atoms with Gasteiger partial charge in [0.25, 0.3) is 0 Å². The highest BCUT2D eigenvalue weighted by Gasteiger charge is 2.49. The Morgan fingerprint density at radius 2 is 1.93 bits per heavy atom. The van der Waals surface area contributed by atoms with E-state index in [2.05, 4.69) is 27.1 Å². The van der Waals surface area contributed by atoms with Crippen LogP contribution < -0.4 is 10.6 Å². The third kappa shape index (κ3) is 2.57. The van der Waals surface area contributed by atoms with Crippen molar-refractivity contribution in [3.05, 3.63) is 42.1 Å². The standard InChI is InChI=1S/C21H26N6O/c1-26-19-15(13-23-26)18(22)24-20(25-19)27-12-11-21(28,14-7-3-2-4-8-14)16-9-5-6-10-17(16)27/h2-4,7-8,13,16-17,28H,5-6,9-12H2,1H3,(H2,22,24,25). The van der Waals surface area contributed by atoms with Gasteiger partial charge in [0, 0.05) is 25.6 Å². The van der Waals surface area contributed by atoms with E-state index in [-0.39, 0.29) is 12.0 Å². The Labute approximate surface area is 164 Å². The van der Waals surface area contributed by atoms with E-state index in [1.807, 2.05) is 25.2 Å². The van der Waals surface area contributed by atoms with Gasteiger partial charge in [-0.1, -0.05) is 43.2 Å². The van der Waals surface area contributed by atoms with Crippen LogP contribution in [0.5, 0.6) is 0 Å². The SMILES string of the molecule is Cn1ncc2c(N)nc(N3CCC(O)(c4ccccc4)C4CCCCC43)nc21. The summed E-state index contributed by atoms with van der Waals surface area (Å²) in [7, 11) is 1.87. The number of fused-ring (bicyclic) bond motifs is 2. The van der Waals surface area contributed by atoms with Gasteiger partial charge >= 0.3 is 0 Å². The Hall–Kier alpha value is -2.67. The van der Waals surface area contributed by atoms with Gasteiger partial charge in [0.05, 0.1) is 17.2 Å². The highest BCUT2D eigenvalue weighted by molar-refractivity contribution is 5.86. The number of aromatic nitrogens is 4. The van der Waals surface area contributed by atoms with E-state index in [0.717, 1.165) is 42.3 Å². The Morgan fingerprint density at radius 3 is 2.75 bits per heavy atom. The number of hydrogen-bond donors (Lipinski definition) is 2. The average molecular weight is 378 g/mol. The summed E-state index contributed by atoms with van der Waals surface area (Å²) in [6, 6.07) is 10.3. The molecule has 1 aliphatic carbocycles. The van der Waals surface area contributed by atoms with E-state index >= 15 is 0 Å². The number of hydrogen-bond acceptors (Lipinski definition) is 6. The molecule has 7 nitrogen and oxygen atoms in total. The predicted octanol–water partition coefficient (Wildman–Crippen LogP) is 2.60. The molecule has 28 heavy (non-hydrogen) atoms. The monoisotopic (exact) mass is 378 g/mol. The minimum Gasteiger partial charge on any atom is -0.385 e. The molecule has 5 rings (SSSR count). The van der Waals surface area contributed by atoms with E-state index in [0.29, 0.717) is 24.7 Å². The summed E-state index contributed by atoms with van der Waals surface area (Å²) in [5.41, 5.74) is 7.18. The number of benzene rings is 1. The molecule has 3 unspecified atom stereocenters. The van der Waals surface area contributed by atoms with Crippen molar-refractivity contribution in [2.45, 2.75) is 43.7 Å². The van der Waals surface area contributed by atoms with E-state index in [1.165, 1.54) is 0 Å². The molecule has 3 atom stereocenters. The Balaban J connectivity index is 1.55. The summed E-state index contributed by atoms with van der Waals surface area (Å²) < 4.78 is 1.74. The lowest BCUT2D eigenvalue weighted by Gasteiger charge is -2.52. The molecule has 3 N–H and O–H groups in total. The van der Waals surface area contributed by atoms with E-state index < -0.39 is 5.60 Å². The fourth-order valence-corrected chi connectivity index (χ4v) is 5.18. The maximum atomic E-state index is 11.7. The number of rotatable bonds is 2. The lowest BCUT2D eigenvalue weighted by molar-refractivity contribution is -0.0692. The number of nitrogens with zero attached hydrogens (tertiary/aromatic N) is 5. The summed E-state index contributed by atoms with van der Waals surface area (Å²) in [4.78, 5) is 11.7. The number of nitrogen functional groups attached to an aromatic ring is 1. The Morgan fingerprint density at radius 1 is 1.14 bits per heavy atom. The van der Waals surface area contributed by atoms with Crippen LogP contribution in [0.2, 0.25) is 0 Å². The van der Waals surface area contributed by atoms with Gasteiger partial charge < -0.3 is 15.7 Å². The highest BCUT2D eigenvalue weighted by Crippen LogP contribution is 2.47. The summed E-state index contributed by atoms with van der Waals surface area (Å²) in [6.45, 7) is 0.704. The van der Waals surface area contributed by atoms with Crippen LogP contribution in [0.25, 0.3) is 11.0 Å². The number of nitrogens with two attached hydrogens (primary N) is 1. The molecule has 0 bridgehead atoms. The van der Waals surface area contributed by atoms with Gasteiger partial charge in [-0.2, -0.15) is 15.1 Å². The van der Waals surface area contributed by atoms with Crippen molar-refractivity contribution in [2.75, 3.05) is 17.2 Å². The quantitative estimate of drug-likeness (QED) is 0.712. The molecule has 1 saturated carbocycles. The third-order valence-electron chi connectivity index (χ3n) is 6.62. The van der Waals surface area contributed by atoms with Gasteiger partial charge in [0.15, 0.2) is 5.65 Å². The zero-order valence-electron chi connectivity index (χ0n) is 16.1. The van der Waals surface area contributed by atoms with Crippen molar-refractivity contribution in [2.24, 2.45) is 13.0 Å². The first kappa shape index (κ1) is 17.4. The molecule has 146 valence electrons. The minimum atomic E-state index is -0.801. The number of aliphatic hydroxyl groups is 1. The van der Waals surface area contributed by atoms with Crippen LogP contribution in [0.4, 0.5) is 11.8 Å². The largest absolute Gasteiger partial charge is 0.385 e. The zero-order chi connectivity index (χ0) is 19.3. The van der Waals surface area contributed by atoms with E-state index in [1.54, 1.807) is 10.9 Å². The lowest BCUT2D eigenvalue weighted by atomic mass is 9.66. The molecule has 3 heterocycles. The number of piperidine rings is 1. The first-order valence-corrected chi connectivity index (χ1v) is 10.1. The predicted molar refractivity (Wildman–Crippen MR) is 109 cm³/mol. The molecule has 0 radical (unpaired) electrons. The second-order valence-electron chi connectivity index (χ2n) is 8.11. The smallest absolute Gasteiger partial charge is 0.229 e. The van der Waals surface area contributed by atoms with Gasteiger partial charge in [-0.15, -0.1) is 0 Å². The van der Waals surface area contributed by atoms with Crippen LogP contribution in [0.3, 0.4) is 0 Å². The fraction of sp³-hybridized carbons (Fsp3) is 0.476. The van der Waals surface area contributed by atoms with Gasteiger partial charge in [-0.05, 0) is 24.8 Å². The summed E-state index contributed by atoms with van der Waals surface area (Å²) >= 11 is 0. The Kier molecular flexibility index (Phi) is 4.01. The Bertz CT molecular complexity index is 1000. The average Bonchev–Trinajstić information content (AvgIpc) is 3.10. The first-order chi connectivity index (χ1) is 13.6. The molecule has 0 amide bonds. The van der Waals surface area contributed by atoms with Gasteiger partial charge in [-0.25, -0.2) is 0 Å². The maximum absolute atomic E-state index is 11.7. The fourth-order valence-electron chi connectivity index (χ4n) is 5.18. The summed E-state index contributed by atoms with van der Waals surface area (Å²) in [5, 5.41) is 16.8. The first-order valence-electron chi connectivity index (χ1n) is 10.1. The molecule has 1 aliphatic heterocycles. The van der Waals surface area contributed by atoms with Crippen molar-refractivity contribution in [1.29, 1.82) is 0 Å². The van der Waals surface area contributed by atoms with Crippen LogP contribution >= 0.6 is 0 Å². The van der Waals surface area contributed by atoms with Crippen molar-refractivity contribution in [3.8, 4) is 0 Å².